The molecule has 0 radical (unpaired) electrons. The smallest absolute Gasteiger partial charge is 0.127 e. The molecule has 1 aromatic rings. The normalized spacial score (nSPS) is 22.6. The van der Waals surface area contributed by atoms with Crippen molar-refractivity contribution in [1.29, 1.82) is 0 Å². The number of benzene rings is 1. The molecule has 1 heteroatoms. The average molecular weight is 216 g/mol. The summed E-state index contributed by atoms with van der Waals surface area (Å²) in [7, 11) is 0. The lowest BCUT2D eigenvalue weighted by Crippen LogP contribution is -2.31. The van der Waals surface area contributed by atoms with Crippen LogP contribution in [-0.2, 0) is 0 Å². The molecule has 0 N–H and O–H groups in total. The van der Waals surface area contributed by atoms with Gasteiger partial charge in [0, 0.05) is 5.56 Å². The summed E-state index contributed by atoms with van der Waals surface area (Å²) in [6, 6.07) is 8.23. The van der Waals surface area contributed by atoms with Crippen LogP contribution in [0.5, 0.6) is 5.75 Å². The van der Waals surface area contributed by atoms with Crippen molar-refractivity contribution in [2.75, 3.05) is 0 Å². The summed E-state index contributed by atoms with van der Waals surface area (Å²) in [4.78, 5) is 0. The highest BCUT2D eigenvalue weighted by Gasteiger charge is 2.26. The fraction of sp³-hybridized carbons (Fsp3) is 0.467. The Labute approximate surface area is 98.1 Å². The molecule has 1 heterocycles. The van der Waals surface area contributed by atoms with Crippen molar-refractivity contribution >= 4 is 6.08 Å². The Hall–Kier alpha value is -1.24. The number of hydrogen-bond acceptors (Lipinski definition) is 1. The van der Waals surface area contributed by atoms with Gasteiger partial charge in [0.15, 0.2) is 0 Å². The van der Waals surface area contributed by atoms with Gasteiger partial charge in [-0.2, -0.15) is 0 Å². The molecule has 0 bridgehead atoms. The van der Waals surface area contributed by atoms with E-state index >= 15 is 0 Å². The van der Waals surface area contributed by atoms with Crippen LogP contribution in [0.15, 0.2) is 30.3 Å². The Bertz CT molecular complexity index is 381. The molecule has 1 aromatic carbocycles. The van der Waals surface area contributed by atoms with E-state index in [0.717, 1.165) is 12.2 Å². The van der Waals surface area contributed by atoms with E-state index < -0.39 is 0 Å². The van der Waals surface area contributed by atoms with Crippen LogP contribution >= 0.6 is 0 Å². The molecular weight excluding hydrogens is 196 g/mol. The Morgan fingerprint density at radius 3 is 2.81 bits per heavy atom. The molecule has 0 amide bonds. The van der Waals surface area contributed by atoms with Crippen molar-refractivity contribution in [2.45, 2.75) is 45.1 Å². The highest BCUT2D eigenvalue weighted by Crippen LogP contribution is 2.33. The second-order valence-corrected chi connectivity index (χ2v) is 4.74. The third-order valence-electron chi connectivity index (χ3n) is 3.15. The predicted molar refractivity (Wildman–Crippen MR) is 68.7 cm³/mol. The standard InChI is InChI=1S/C15H20O/c1-3-4-7-11-15(2)12-10-13-8-5-6-9-14(13)16-15/h5-6,8-10,12H,3-4,7,11H2,1-2H3/t15-/m1/s1. The van der Waals surface area contributed by atoms with Crippen molar-refractivity contribution in [2.24, 2.45) is 0 Å². The summed E-state index contributed by atoms with van der Waals surface area (Å²) < 4.78 is 6.08. The molecule has 16 heavy (non-hydrogen) atoms. The fourth-order valence-corrected chi connectivity index (χ4v) is 2.12. The van der Waals surface area contributed by atoms with Gasteiger partial charge in [-0.3, -0.25) is 0 Å². The van der Waals surface area contributed by atoms with Crippen molar-refractivity contribution < 1.29 is 4.74 Å². The topological polar surface area (TPSA) is 9.23 Å². The number of ether oxygens (including phenoxy) is 1. The number of fused-ring (bicyclic) bond motifs is 1. The number of hydrogen-bond donors (Lipinski definition) is 0. The minimum absolute atomic E-state index is 0.108. The molecule has 2 rings (SSSR count). The van der Waals surface area contributed by atoms with E-state index in [-0.39, 0.29) is 5.60 Å². The third-order valence-corrected chi connectivity index (χ3v) is 3.15. The second kappa shape index (κ2) is 4.73. The van der Waals surface area contributed by atoms with Gasteiger partial charge in [-0.1, -0.05) is 44.0 Å². The lowest BCUT2D eigenvalue weighted by atomic mass is 9.94. The highest BCUT2D eigenvalue weighted by atomic mass is 16.5. The number of para-hydroxylation sites is 1. The molecule has 0 saturated carbocycles. The van der Waals surface area contributed by atoms with E-state index in [0.29, 0.717) is 0 Å². The van der Waals surface area contributed by atoms with Gasteiger partial charge >= 0.3 is 0 Å². The summed E-state index contributed by atoms with van der Waals surface area (Å²) in [5.41, 5.74) is 1.08. The SMILES string of the molecule is CCCCC[C@]1(C)C=Cc2ccccc2O1. The Kier molecular flexibility index (Phi) is 3.33. The van der Waals surface area contributed by atoms with Crippen LogP contribution in [0.25, 0.3) is 6.08 Å². The first-order valence-corrected chi connectivity index (χ1v) is 6.21. The van der Waals surface area contributed by atoms with E-state index in [1.165, 1.54) is 24.8 Å². The van der Waals surface area contributed by atoms with E-state index in [9.17, 15) is 0 Å². The van der Waals surface area contributed by atoms with Gasteiger partial charge in [-0.05, 0) is 31.9 Å². The zero-order chi connectivity index (χ0) is 11.4. The van der Waals surface area contributed by atoms with Crippen LogP contribution in [0.3, 0.4) is 0 Å². The minimum atomic E-state index is -0.108. The zero-order valence-corrected chi connectivity index (χ0v) is 10.2. The molecule has 1 aliphatic heterocycles. The predicted octanol–water partition coefficient (Wildman–Crippen LogP) is 4.43. The van der Waals surface area contributed by atoms with Crippen LogP contribution in [-0.4, -0.2) is 5.60 Å². The van der Waals surface area contributed by atoms with Gasteiger partial charge in [-0.25, -0.2) is 0 Å². The first-order chi connectivity index (χ1) is 7.73. The maximum absolute atomic E-state index is 6.08. The largest absolute Gasteiger partial charge is 0.483 e. The molecule has 0 saturated heterocycles. The van der Waals surface area contributed by atoms with E-state index in [1.807, 2.05) is 12.1 Å². The Morgan fingerprint density at radius 1 is 1.19 bits per heavy atom. The lowest BCUT2D eigenvalue weighted by Gasteiger charge is -2.31. The number of rotatable bonds is 4. The van der Waals surface area contributed by atoms with Crippen molar-refractivity contribution in [3.05, 3.63) is 35.9 Å². The molecule has 86 valence electrons. The van der Waals surface area contributed by atoms with Crippen LogP contribution < -0.4 is 4.74 Å². The first-order valence-electron chi connectivity index (χ1n) is 6.21. The molecule has 1 nitrogen and oxygen atoms in total. The van der Waals surface area contributed by atoms with Gasteiger partial charge in [-0.15, -0.1) is 0 Å². The van der Waals surface area contributed by atoms with Gasteiger partial charge in [0.1, 0.15) is 11.4 Å². The van der Waals surface area contributed by atoms with Crippen molar-refractivity contribution in [1.82, 2.24) is 0 Å². The molecule has 0 spiro atoms. The highest BCUT2D eigenvalue weighted by molar-refractivity contribution is 5.60. The maximum Gasteiger partial charge on any atom is 0.127 e. The monoisotopic (exact) mass is 216 g/mol. The van der Waals surface area contributed by atoms with Gasteiger partial charge in [0.05, 0.1) is 0 Å². The van der Waals surface area contributed by atoms with Crippen molar-refractivity contribution in [3.63, 3.8) is 0 Å². The first kappa shape index (κ1) is 11.3. The lowest BCUT2D eigenvalue weighted by molar-refractivity contribution is 0.124. The minimum Gasteiger partial charge on any atom is -0.483 e. The summed E-state index contributed by atoms with van der Waals surface area (Å²) in [5, 5.41) is 0. The molecule has 0 aromatic heterocycles. The summed E-state index contributed by atoms with van der Waals surface area (Å²) in [6.07, 6.45) is 9.27. The maximum atomic E-state index is 6.08. The Morgan fingerprint density at radius 2 is 2.00 bits per heavy atom. The third kappa shape index (κ3) is 2.46. The zero-order valence-electron chi connectivity index (χ0n) is 10.2. The fourth-order valence-electron chi connectivity index (χ4n) is 2.12. The van der Waals surface area contributed by atoms with Gasteiger partial charge in [0.2, 0.25) is 0 Å². The van der Waals surface area contributed by atoms with Crippen LogP contribution in [0.2, 0.25) is 0 Å². The van der Waals surface area contributed by atoms with Gasteiger partial charge < -0.3 is 4.74 Å². The van der Waals surface area contributed by atoms with E-state index in [4.69, 9.17) is 4.74 Å². The molecular formula is C15H20O. The molecule has 1 atom stereocenters. The quantitative estimate of drug-likeness (QED) is 0.676. The van der Waals surface area contributed by atoms with E-state index in [1.54, 1.807) is 0 Å². The van der Waals surface area contributed by atoms with Gasteiger partial charge in [0.25, 0.3) is 0 Å². The van der Waals surface area contributed by atoms with Crippen LogP contribution in [0.1, 0.15) is 45.1 Å². The Balaban J connectivity index is 2.06. The van der Waals surface area contributed by atoms with E-state index in [2.05, 4.69) is 38.1 Å². The molecule has 0 unspecified atom stereocenters. The van der Waals surface area contributed by atoms with Crippen molar-refractivity contribution in [3.8, 4) is 5.75 Å². The number of unbranched alkanes of at least 4 members (excludes halogenated alkanes) is 2. The van der Waals surface area contributed by atoms with Crippen LogP contribution in [0, 0.1) is 0 Å². The summed E-state index contributed by atoms with van der Waals surface area (Å²) in [6.45, 7) is 4.41. The second-order valence-electron chi connectivity index (χ2n) is 4.74. The average Bonchev–Trinajstić information content (AvgIpc) is 2.29. The summed E-state index contributed by atoms with van der Waals surface area (Å²) in [5.74, 6) is 1.02. The molecule has 0 aliphatic carbocycles. The van der Waals surface area contributed by atoms with Crippen LogP contribution in [0.4, 0.5) is 0 Å². The molecule has 1 aliphatic rings. The summed E-state index contributed by atoms with van der Waals surface area (Å²) >= 11 is 0. The molecule has 0 fully saturated rings.